The molecule has 3 aliphatic heterocycles. The monoisotopic (exact) mass is 1650 g/mol. The minimum absolute atomic E-state index is 0.0484. The highest BCUT2D eigenvalue weighted by Gasteiger charge is 2.59. The summed E-state index contributed by atoms with van der Waals surface area (Å²) < 4.78 is 8.36. The maximum Gasteiger partial charge on any atom is 0.145 e. The quantitative estimate of drug-likeness (QED) is 0.0481. The number of benzene rings is 3. The fourth-order valence-corrected chi connectivity index (χ4v) is 19.0. The summed E-state index contributed by atoms with van der Waals surface area (Å²) in [6, 6.07) is 30.0. The van der Waals surface area contributed by atoms with Crippen molar-refractivity contribution in [3.63, 3.8) is 0 Å². The van der Waals surface area contributed by atoms with E-state index < -0.39 is 52.9 Å². The minimum atomic E-state index is -0.895. The lowest BCUT2D eigenvalue weighted by atomic mass is 9.80. The summed E-state index contributed by atoms with van der Waals surface area (Å²) in [6.07, 6.45) is 11.4. The smallest absolute Gasteiger partial charge is 0.145 e. The SMILES string of the molecule is CC(C)Nc1ncnc2c1ccn2[C@@H]1C[C@@]2(CN[C@H](c3ccc4cc(Br)c(N)nc4c3)C2)[C@@H](O)[C@H]1O.CCCNc1ncnc2c1ccn2[C@@H]1C[C@@]2(CN[C@@H](c3ccc4cc(Br)c(N)nc4c3)C2)[C@@H](O)[C@H]1O.CCCNc1ncnc2c1ccn2[C@@H]1C[C@@]2(CN[C@H](c3ccc4cc(Br)c(N)nc4c3)C2)[C@@H](O)[C@H]1O. The molecule has 0 amide bonds. The van der Waals surface area contributed by atoms with Crippen molar-refractivity contribution in [2.24, 2.45) is 16.2 Å². The topological polar surface area (TPSA) is 402 Å². The standard InChI is InChI=1S/3C26H30BrN7O2/c1-13(2)32-24-16-5-6-34(25(16)31-12-30-24)20-10-26(22(36)21(20)35)9-19(29-11-26)15-4-3-14-7-17(27)23(28)33-18(14)8-15;2*1-2-6-29-24-16-5-7-34(25(16)32-13-31-24)20-11-26(22(36)21(20)35)10-19(30-12-26)15-4-3-14-8-17(27)23(28)33-18(14)9-15/h3-8,12-13,19-22,29,35-36H,9-11H2,1-2H3,(H2,28,33)(H,30,31,32);2*3-5,7-9,13,19-22,30,35-36H,2,6,10-12H2,1H3,(H2,28,33)(H,29,31,32)/t2*19-,20+,21-,22-,26-;19-,20-,21+,22+,26+/m001/s1. The van der Waals surface area contributed by atoms with Crippen molar-refractivity contribution < 1.29 is 30.6 Å². The molecule has 30 heteroatoms. The molecule has 9 aromatic heterocycles. The van der Waals surface area contributed by atoms with E-state index in [0.29, 0.717) is 62.8 Å². The van der Waals surface area contributed by atoms with Crippen molar-refractivity contribution in [1.29, 1.82) is 0 Å². The summed E-state index contributed by atoms with van der Waals surface area (Å²) in [5.41, 5.74) is 24.8. The van der Waals surface area contributed by atoms with E-state index >= 15 is 0 Å². The van der Waals surface area contributed by atoms with Crippen LogP contribution in [0.4, 0.5) is 34.9 Å². The van der Waals surface area contributed by atoms with Crippen LogP contribution in [0.3, 0.4) is 0 Å². The molecule has 564 valence electrons. The third-order valence-electron chi connectivity index (χ3n) is 23.6. The highest BCUT2D eigenvalue weighted by molar-refractivity contribution is 9.11. The molecular formula is C78H90Br3N21O6. The molecule has 18 N–H and O–H groups in total. The number of pyridine rings is 3. The normalized spacial score (nSPS) is 28.1. The first-order chi connectivity index (χ1) is 52.0. The molecule has 3 saturated heterocycles. The molecule has 3 spiro atoms. The lowest BCUT2D eigenvalue weighted by molar-refractivity contribution is -0.0218. The maximum absolute atomic E-state index is 11.3. The maximum atomic E-state index is 11.3. The molecule has 0 bridgehead atoms. The molecule has 3 aromatic carbocycles. The summed E-state index contributed by atoms with van der Waals surface area (Å²) in [7, 11) is 0. The van der Waals surface area contributed by atoms with Crippen LogP contribution in [0.2, 0.25) is 0 Å². The van der Waals surface area contributed by atoms with E-state index in [4.69, 9.17) is 17.2 Å². The summed E-state index contributed by atoms with van der Waals surface area (Å²) >= 11 is 10.3. The van der Waals surface area contributed by atoms with Gasteiger partial charge in [-0.15, -0.1) is 0 Å². The Hall–Kier alpha value is -8.37. The zero-order valence-electron chi connectivity index (χ0n) is 60.2. The average Bonchev–Trinajstić information content (AvgIpc) is 1.59. The molecule has 108 heavy (non-hydrogen) atoms. The van der Waals surface area contributed by atoms with E-state index in [2.05, 4.69) is 189 Å². The van der Waals surface area contributed by atoms with Crippen molar-refractivity contribution in [3.05, 3.63) is 159 Å². The zero-order chi connectivity index (χ0) is 75.2. The predicted molar refractivity (Wildman–Crippen MR) is 431 cm³/mol. The Balaban J connectivity index is 0.000000124. The summed E-state index contributed by atoms with van der Waals surface area (Å²) in [4.78, 5) is 40.3. The number of fused-ring (bicyclic) bond motifs is 6. The van der Waals surface area contributed by atoms with Crippen LogP contribution in [0, 0.1) is 16.2 Å². The van der Waals surface area contributed by atoms with Crippen LogP contribution in [0.5, 0.6) is 0 Å². The van der Waals surface area contributed by atoms with Crippen LogP contribution in [-0.2, 0) is 0 Å². The van der Waals surface area contributed by atoms with Crippen LogP contribution in [0.1, 0.15) is 132 Å². The molecule has 3 aliphatic carbocycles. The molecule has 15 atom stereocenters. The fraction of sp³-hybridized carbons (Fsp3) is 0.423. The number of nitrogen functional groups attached to an aromatic ring is 3. The molecule has 27 nitrogen and oxygen atoms in total. The number of halogens is 3. The number of aromatic nitrogens is 12. The van der Waals surface area contributed by atoms with Gasteiger partial charge in [0.05, 0.1) is 82.6 Å². The lowest BCUT2D eigenvalue weighted by Gasteiger charge is -2.27. The predicted octanol–water partition coefficient (Wildman–Crippen LogP) is 10.6. The molecule has 6 fully saturated rings. The Morgan fingerprint density at radius 2 is 0.759 bits per heavy atom. The number of hydrogen-bond donors (Lipinski definition) is 15. The Bertz CT molecular complexity index is 5160. The second-order valence-corrected chi connectivity index (χ2v) is 33.3. The number of rotatable bonds is 14. The highest BCUT2D eigenvalue weighted by Crippen LogP contribution is 2.56. The molecule has 0 radical (unpaired) electrons. The number of nitrogens with one attached hydrogen (secondary N) is 6. The number of hydrogen-bond acceptors (Lipinski definition) is 24. The Labute approximate surface area is 648 Å². The molecule has 12 heterocycles. The second kappa shape index (κ2) is 29.5. The van der Waals surface area contributed by atoms with Gasteiger partial charge in [0.15, 0.2) is 0 Å². The van der Waals surface area contributed by atoms with E-state index in [1.165, 1.54) is 0 Å². The van der Waals surface area contributed by atoms with Gasteiger partial charge in [-0.05, 0) is 184 Å². The lowest BCUT2D eigenvalue weighted by Crippen LogP contribution is -2.38. The highest BCUT2D eigenvalue weighted by atomic mass is 79.9. The molecule has 6 aliphatic rings. The van der Waals surface area contributed by atoms with Gasteiger partial charge in [0.1, 0.15) is 89.1 Å². The molecule has 12 aromatic rings. The van der Waals surface area contributed by atoms with Crippen molar-refractivity contribution in [1.82, 2.24) is 74.5 Å². The Morgan fingerprint density at radius 1 is 0.444 bits per heavy atom. The largest absolute Gasteiger partial charge is 0.390 e. The first-order valence-corrected chi connectivity index (χ1v) is 39.5. The zero-order valence-corrected chi connectivity index (χ0v) is 65.0. The third-order valence-corrected chi connectivity index (χ3v) is 25.5. The summed E-state index contributed by atoms with van der Waals surface area (Å²) in [6.45, 7) is 11.9. The molecule has 0 unspecified atom stereocenters. The van der Waals surface area contributed by atoms with Gasteiger partial charge >= 0.3 is 0 Å². The van der Waals surface area contributed by atoms with Crippen molar-refractivity contribution in [2.45, 2.75) is 158 Å². The van der Waals surface area contributed by atoms with Gasteiger partial charge in [-0.3, -0.25) is 0 Å². The van der Waals surface area contributed by atoms with Crippen molar-refractivity contribution >= 4 is 149 Å². The van der Waals surface area contributed by atoms with Crippen LogP contribution in [0.15, 0.2) is 142 Å². The van der Waals surface area contributed by atoms with Gasteiger partial charge in [0.25, 0.3) is 0 Å². The first kappa shape index (κ1) is 73.8. The van der Waals surface area contributed by atoms with E-state index in [0.717, 1.165) is 152 Å². The Morgan fingerprint density at radius 3 is 1.07 bits per heavy atom. The number of anilines is 6. The van der Waals surface area contributed by atoms with Gasteiger partial charge in [0, 0.05) is 108 Å². The molecule has 3 saturated carbocycles. The first-order valence-electron chi connectivity index (χ1n) is 37.1. The van der Waals surface area contributed by atoms with E-state index in [1.807, 2.05) is 86.9 Å². The fourth-order valence-electron chi connectivity index (χ4n) is 18.0. The second-order valence-electron chi connectivity index (χ2n) is 30.7. The number of nitrogens with two attached hydrogens (primary N) is 3. The van der Waals surface area contributed by atoms with Crippen molar-refractivity contribution in [3.8, 4) is 0 Å². The van der Waals surface area contributed by atoms with Gasteiger partial charge in [-0.1, -0.05) is 50.2 Å². The van der Waals surface area contributed by atoms with Crippen LogP contribution in [0.25, 0.3) is 65.8 Å². The van der Waals surface area contributed by atoms with Gasteiger partial charge in [0.2, 0.25) is 0 Å². The Kier molecular flexibility index (Phi) is 20.1. The summed E-state index contributed by atoms with van der Waals surface area (Å²) in [5, 5.41) is 94.1. The number of aliphatic hydroxyl groups is 6. The molecule has 18 rings (SSSR count). The van der Waals surface area contributed by atoms with E-state index in [-0.39, 0.29) is 42.3 Å². The van der Waals surface area contributed by atoms with Crippen LogP contribution < -0.4 is 49.1 Å². The minimum Gasteiger partial charge on any atom is -0.390 e. The molecular weight excluding hydrogens is 1570 g/mol. The van der Waals surface area contributed by atoms with E-state index in [9.17, 15) is 30.6 Å². The van der Waals surface area contributed by atoms with Crippen LogP contribution >= 0.6 is 47.8 Å². The van der Waals surface area contributed by atoms with Gasteiger partial charge < -0.3 is 93.4 Å². The summed E-state index contributed by atoms with van der Waals surface area (Å²) in [5.74, 6) is 3.75. The third kappa shape index (κ3) is 13.3. The van der Waals surface area contributed by atoms with E-state index in [1.54, 1.807) is 19.0 Å². The van der Waals surface area contributed by atoms with Crippen molar-refractivity contribution in [2.75, 3.05) is 65.9 Å². The van der Waals surface area contributed by atoms with Crippen LogP contribution in [-0.4, -0.2) is 165 Å². The number of aliphatic hydroxyl groups excluding tert-OH is 6. The van der Waals surface area contributed by atoms with Gasteiger partial charge in [-0.25, -0.2) is 44.9 Å². The van der Waals surface area contributed by atoms with Gasteiger partial charge in [-0.2, -0.15) is 0 Å². The number of nitrogens with zero attached hydrogens (tertiary/aromatic N) is 12. The average molecular weight is 1660 g/mol.